The van der Waals surface area contributed by atoms with E-state index < -0.39 is 10.1 Å². The van der Waals surface area contributed by atoms with Crippen molar-refractivity contribution in [2.75, 3.05) is 12.4 Å². The average molecular weight is 496 g/mol. The molecule has 4 rings (SSSR count). The molecule has 0 aliphatic carbocycles. The normalized spacial score (nSPS) is 10.9. The molecule has 0 spiro atoms. The van der Waals surface area contributed by atoms with Crippen LogP contribution in [0, 0.1) is 6.92 Å². The summed E-state index contributed by atoms with van der Waals surface area (Å²) in [5, 5.41) is 2.75. The standard InChI is InChI=1S/C18H17N3O3.C7H8O3S/c1-12(22)19-15-6-4-13(5-7-15)16-11-21-9-8-14(18(23)24-3)10-17(21)20(16)2;1-6-2-4-7(5-3-6)11(8,9)10/h4-11H,1-3H3;2-5H,1H3,(H,8,9,10). The lowest BCUT2D eigenvalue weighted by Crippen LogP contribution is -2.19. The van der Waals surface area contributed by atoms with Gasteiger partial charge in [-0.2, -0.15) is 0 Å². The molecule has 4 aromatic rings. The van der Waals surface area contributed by atoms with Crippen LogP contribution in [-0.2, 0) is 26.7 Å². The van der Waals surface area contributed by atoms with Crippen LogP contribution in [0.25, 0.3) is 16.9 Å². The van der Waals surface area contributed by atoms with Crippen LogP contribution < -0.4 is 9.72 Å². The van der Waals surface area contributed by atoms with Gasteiger partial charge in [0.1, 0.15) is 16.3 Å². The number of carbonyl (C=O) groups is 2. The summed E-state index contributed by atoms with van der Waals surface area (Å²) < 4.78 is 39.9. The molecule has 0 saturated heterocycles. The number of benzene rings is 2. The van der Waals surface area contributed by atoms with Crippen molar-refractivity contribution in [3.8, 4) is 11.3 Å². The van der Waals surface area contributed by atoms with Crippen molar-refractivity contribution in [1.29, 1.82) is 0 Å². The molecular formula is C25H25N3O6S. The van der Waals surface area contributed by atoms with Gasteiger partial charge in [0.05, 0.1) is 30.8 Å². The van der Waals surface area contributed by atoms with E-state index in [9.17, 15) is 22.6 Å². The minimum atomic E-state index is -4.27. The predicted octanol–water partition coefficient (Wildman–Crippen LogP) is 3.07. The number of fused-ring (bicyclic) bond motifs is 1. The molecule has 1 amide bonds. The fraction of sp³-hybridized carbons (Fsp3) is 0.160. The number of amides is 1. The number of esters is 1. The summed E-state index contributed by atoms with van der Waals surface area (Å²) in [6.45, 7) is 3.30. The largest absolute Gasteiger partial charge is 0.744 e. The smallest absolute Gasteiger partial charge is 0.338 e. The van der Waals surface area contributed by atoms with Crippen molar-refractivity contribution in [3.63, 3.8) is 0 Å². The molecule has 2 aromatic heterocycles. The van der Waals surface area contributed by atoms with E-state index in [0.29, 0.717) is 5.56 Å². The van der Waals surface area contributed by atoms with Crippen LogP contribution in [0.5, 0.6) is 0 Å². The van der Waals surface area contributed by atoms with Gasteiger partial charge in [-0.15, -0.1) is 0 Å². The lowest BCUT2D eigenvalue weighted by Gasteiger charge is -2.05. The van der Waals surface area contributed by atoms with Crippen LogP contribution >= 0.6 is 0 Å². The fourth-order valence-electron chi connectivity index (χ4n) is 3.37. The van der Waals surface area contributed by atoms with Gasteiger partial charge < -0.3 is 14.6 Å². The number of hydrogen-bond acceptors (Lipinski definition) is 6. The molecule has 35 heavy (non-hydrogen) atoms. The molecular weight excluding hydrogens is 470 g/mol. The van der Waals surface area contributed by atoms with E-state index in [1.807, 2.05) is 59.6 Å². The Labute approximate surface area is 203 Å². The van der Waals surface area contributed by atoms with Gasteiger partial charge in [0.15, 0.2) is 5.69 Å². The third kappa shape index (κ3) is 6.31. The number of carbonyl (C=O) groups excluding carboxylic acids is 2. The molecule has 0 radical (unpaired) electrons. The fourth-order valence-corrected chi connectivity index (χ4v) is 3.83. The zero-order chi connectivity index (χ0) is 25.8. The van der Waals surface area contributed by atoms with Crippen molar-refractivity contribution >= 4 is 33.3 Å². The van der Waals surface area contributed by atoms with Gasteiger partial charge in [0, 0.05) is 24.2 Å². The van der Waals surface area contributed by atoms with Crippen LogP contribution in [0.1, 0.15) is 22.8 Å². The van der Waals surface area contributed by atoms with Crippen molar-refractivity contribution in [2.24, 2.45) is 7.05 Å². The summed E-state index contributed by atoms with van der Waals surface area (Å²) in [6.07, 6.45) is 3.82. The zero-order valence-electron chi connectivity index (χ0n) is 19.7. The summed E-state index contributed by atoms with van der Waals surface area (Å²) in [4.78, 5) is 22.6. The highest BCUT2D eigenvalue weighted by Crippen LogP contribution is 2.22. The first-order valence-corrected chi connectivity index (χ1v) is 11.9. The van der Waals surface area contributed by atoms with Crippen LogP contribution in [0.3, 0.4) is 0 Å². The Morgan fingerprint density at radius 1 is 1.03 bits per heavy atom. The number of methoxy groups -OCH3 is 1. The first-order valence-electron chi connectivity index (χ1n) is 10.5. The number of anilines is 1. The molecule has 0 atom stereocenters. The molecule has 1 N–H and O–H groups in total. The number of nitrogens with zero attached hydrogens (tertiary/aromatic N) is 2. The van der Waals surface area contributed by atoms with Gasteiger partial charge in [0.2, 0.25) is 5.91 Å². The Hall–Kier alpha value is -4.02. The average Bonchev–Trinajstić information content (AvgIpc) is 3.14. The Kier molecular flexibility index (Phi) is 7.68. The lowest BCUT2D eigenvalue weighted by atomic mass is 10.1. The monoisotopic (exact) mass is 495 g/mol. The number of hydrogen-bond donors (Lipinski definition) is 1. The van der Waals surface area contributed by atoms with Crippen molar-refractivity contribution in [2.45, 2.75) is 18.7 Å². The molecule has 182 valence electrons. The molecule has 2 heterocycles. The highest BCUT2D eigenvalue weighted by molar-refractivity contribution is 7.85. The second-order valence-electron chi connectivity index (χ2n) is 7.77. The van der Waals surface area contributed by atoms with Crippen molar-refractivity contribution < 1.29 is 31.7 Å². The Morgan fingerprint density at radius 3 is 2.20 bits per heavy atom. The number of aryl methyl sites for hydroxylation is 2. The maximum absolute atomic E-state index is 11.7. The maximum Gasteiger partial charge on any atom is 0.338 e. The SMILES string of the molecule is COC(=O)c1cc[n+]2cc(-c3ccc(NC(C)=O)cc3)n(C)c2c1.Cc1ccc(S(=O)(=O)[O-])cc1. The molecule has 0 bridgehead atoms. The van der Waals surface area contributed by atoms with Gasteiger partial charge >= 0.3 is 5.97 Å². The molecule has 0 unspecified atom stereocenters. The number of aromatic nitrogens is 2. The predicted molar refractivity (Wildman–Crippen MR) is 129 cm³/mol. The van der Waals surface area contributed by atoms with Gasteiger partial charge in [-0.1, -0.05) is 17.7 Å². The Bertz CT molecular complexity index is 1470. The van der Waals surface area contributed by atoms with Crippen LogP contribution in [0.4, 0.5) is 5.69 Å². The summed E-state index contributed by atoms with van der Waals surface area (Å²) in [5.41, 5.74) is 5.06. The van der Waals surface area contributed by atoms with Crippen LogP contribution in [0.2, 0.25) is 0 Å². The summed E-state index contributed by atoms with van der Waals surface area (Å²) in [7, 11) is -0.964. The van der Waals surface area contributed by atoms with E-state index in [1.165, 1.54) is 26.2 Å². The van der Waals surface area contributed by atoms with Crippen molar-refractivity contribution in [3.05, 3.63) is 84.2 Å². The number of ether oxygens (including phenoxy) is 1. The van der Waals surface area contributed by atoms with E-state index in [-0.39, 0.29) is 16.8 Å². The van der Waals surface area contributed by atoms with E-state index in [1.54, 1.807) is 24.3 Å². The summed E-state index contributed by atoms with van der Waals surface area (Å²) in [6, 6.07) is 16.9. The molecule has 2 aromatic carbocycles. The van der Waals surface area contributed by atoms with E-state index in [2.05, 4.69) is 5.32 Å². The lowest BCUT2D eigenvalue weighted by molar-refractivity contribution is -0.510. The van der Waals surface area contributed by atoms with E-state index in [0.717, 1.165) is 28.2 Å². The minimum absolute atomic E-state index is 0.0988. The Balaban J connectivity index is 0.000000261. The highest BCUT2D eigenvalue weighted by atomic mass is 32.2. The Morgan fingerprint density at radius 2 is 1.66 bits per heavy atom. The van der Waals surface area contributed by atoms with Gasteiger partial charge in [0.25, 0.3) is 5.65 Å². The number of imidazole rings is 1. The first kappa shape index (κ1) is 25.6. The first-order chi connectivity index (χ1) is 16.5. The third-order valence-corrected chi connectivity index (χ3v) is 6.01. The molecule has 0 fully saturated rings. The maximum atomic E-state index is 11.7. The topological polar surface area (TPSA) is 122 Å². The highest BCUT2D eigenvalue weighted by Gasteiger charge is 2.18. The molecule has 0 saturated carbocycles. The quantitative estimate of drug-likeness (QED) is 0.264. The molecule has 10 heteroatoms. The van der Waals surface area contributed by atoms with Gasteiger partial charge in [-0.05, 0) is 49.4 Å². The van der Waals surface area contributed by atoms with Crippen LogP contribution in [-0.4, -0.2) is 36.5 Å². The molecule has 0 aliphatic rings. The second-order valence-corrected chi connectivity index (χ2v) is 9.15. The molecule has 0 aliphatic heterocycles. The van der Waals surface area contributed by atoms with Crippen LogP contribution in [0.15, 0.2) is 78.0 Å². The zero-order valence-corrected chi connectivity index (χ0v) is 20.5. The van der Waals surface area contributed by atoms with E-state index in [4.69, 9.17) is 4.74 Å². The minimum Gasteiger partial charge on any atom is -0.744 e. The summed E-state index contributed by atoms with van der Waals surface area (Å²) >= 11 is 0. The molecule has 9 nitrogen and oxygen atoms in total. The second kappa shape index (κ2) is 10.5. The number of pyridine rings is 1. The third-order valence-electron chi connectivity index (χ3n) is 5.16. The number of rotatable bonds is 4. The van der Waals surface area contributed by atoms with Crippen molar-refractivity contribution in [1.82, 2.24) is 4.57 Å². The van der Waals surface area contributed by atoms with E-state index >= 15 is 0 Å². The van der Waals surface area contributed by atoms with Gasteiger partial charge in [-0.3, -0.25) is 4.79 Å². The summed E-state index contributed by atoms with van der Waals surface area (Å²) in [5.74, 6) is -0.460. The van der Waals surface area contributed by atoms with Gasteiger partial charge in [-0.25, -0.2) is 22.2 Å². The number of nitrogens with one attached hydrogen (secondary N) is 1.